The van der Waals surface area contributed by atoms with Gasteiger partial charge in [-0.25, -0.2) is 14.3 Å². The van der Waals surface area contributed by atoms with E-state index in [1.807, 2.05) is 84.9 Å². The van der Waals surface area contributed by atoms with Crippen LogP contribution in [-0.2, 0) is 20.7 Å². The zero-order valence-corrected chi connectivity index (χ0v) is 27.1. The Morgan fingerprint density at radius 3 is 2.37 bits per heavy atom. The van der Waals surface area contributed by atoms with E-state index in [1.54, 1.807) is 29.0 Å². The largest absolute Gasteiger partial charge is 0.453 e. The van der Waals surface area contributed by atoms with Gasteiger partial charge in [-0.05, 0) is 41.7 Å². The first-order valence-corrected chi connectivity index (χ1v) is 16.2. The third kappa shape index (κ3) is 8.47. The number of alkyl carbamates (subject to hydrolysis) is 1. The third-order valence-electron chi connectivity index (χ3n) is 8.55. The molecule has 4 N–H and O–H groups in total. The molecule has 0 saturated carbocycles. The summed E-state index contributed by atoms with van der Waals surface area (Å²) in [5.41, 5.74) is 4.29. The molecule has 1 aliphatic heterocycles. The fourth-order valence-corrected chi connectivity index (χ4v) is 6.00. The maximum atomic E-state index is 14.0. The first-order valence-electron chi connectivity index (χ1n) is 16.2. The van der Waals surface area contributed by atoms with E-state index in [0.29, 0.717) is 49.6 Å². The Morgan fingerprint density at radius 1 is 0.980 bits per heavy atom. The number of aromatic nitrogens is 3. The first-order chi connectivity index (χ1) is 24.0. The summed E-state index contributed by atoms with van der Waals surface area (Å²) in [6, 6.07) is 29.3. The van der Waals surface area contributed by atoms with Crippen LogP contribution in [0.3, 0.4) is 0 Å². The van der Waals surface area contributed by atoms with Crippen LogP contribution in [0.15, 0.2) is 109 Å². The van der Waals surface area contributed by atoms with E-state index in [1.165, 1.54) is 7.11 Å². The van der Waals surface area contributed by atoms with E-state index in [0.717, 1.165) is 16.7 Å². The fraction of sp³-hybridized carbons (Fsp3) is 0.270. The molecule has 12 nitrogen and oxygen atoms in total. The van der Waals surface area contributed by atoms with E-state index < -0.39 is 18.1 Å². The average molecular weight is 662 g/mol. The van der Waals surface area contributed by atoms with Crippen LogP contribution < -0.4 is 21.3 Å². The van der Waals surface area contributed by atoms with E-state index >= 15 is 0 Å². The van der Waals surface area contributed by atoms with Gasteiger partial charge in [0.15, 0.2) is 11.3 Å². The average Bonchev–Trinajstić information content (AvgIpc) is 3.59. The summed E-state index contributed by atoms with van der Waals surface area (Å²) in [6.45, 7) is 1.46. The SMILES string of the molecule is COC(=O)NC(C(=O)Nc1ccccc1CC[C@@H]1CN[C@H](CNC(=O)c2cc3ncccn3n2)CO1)C(c1ccccc1)c1ccccc1. The van der Waals surface area contributed by atoms with Crippen LogP contribution in [0, 0.1) is 0 Å². The van der Waals surface area contributed by atoms with Crippen molar-refractivity contribution in [2.24, 2.45) is 0 Å². The Morgan fingerprint density at radius 2 is 1.69 bits per heavy atom. The van der Waals surface area contributed by atoms with Crippen molar-refractivity contribution in [2.75, 3.05) is 32.1 Å². The molecule has 3 aromatic carbocycles. The van der Waals surface area contributed by atoms with Crippen LogP contribution in [0.4, 0.5) is 10.5 Å². The topological polar surface area (TPSA) is 148 Å². The van der Waals surface area contributed by atoms with Crippen LogP contribution in [0.25, 0.3) is 5.65 Å². The standard InChI is InChI=1S/C37H39N7O5/c1-48-37(47)42-34(33(26-12-4-2-5-13-26)27-14-6-3-7-15-27)36(46)41-30-16-9-8-11-25(30)17-18-29-23-39-28(24-49-29)22-40-35(45)31-21-32-38-19-10-20-44(32)43-31/h2-16,19-21,28-29,33-34,39H,17-18,22-24H2,1H3,(H,40,45)(H,41,46)(H,42,47)/t28-,29-,34?/m1/s1. The van der Waals surface area contributed by atoms with Gasteiger partial charge in [-0.1, -0.05) is 78.9 Å². The highest BCUT2D eigenvalue weighted by atomic mass is 16.5. The van der Waals surface area contributed by atoms with Crippen LogP contribution in [0.2, 0.25) is 0 Å². The number of morpholine rings is 1. The Bertz CT molecular complexity index is 1790. The number of fused-ring (bicyclic) bond motifs is 1. The predicted octanol–water partition coefficient (Wildman–Crippen LogP) is 3.94. The van der Waals surface area contributed by atoms with Crippen molar-refractivity contribution in [3.05, 3.63) is 132 Å². The van der Waals surface area contributed by atoms with Crippen LogP contribution in [0.5, 0.6) is 0 Å². The molecular formula is C37H39N7O5. The quantitative estimate of drug-likeness (QED) is 0.157. The molecule has 0 aliphatic carbocycles. The zero-order chi connectivity index (χ0) is 34.0. The summed E-state index contributed by atoms with van der Waals surface area (Å²) >= 11 is 0. The molecule has 49 heavy (non-hydrogen) atoms. The van der Waals surface area contributed by atoms with Gasteiger partial charge in [-0.3, -0.25) is 9.59 Å². The van der Waals surface area contributed by atoms with Crippen molar-refractivity contribution in [2.45, 2.75) is 36.9 Å². The number of carbonyl (C=O) groups excluding carboxylic acids is 3. The second-order valence-corrected chi connectivity index (χ2v) is 11.8. The summed E-state index contributed by atoms with van der Waals surface area (Å²) in [6.07, 6.45) is 4.03. The van der Waals surface area contributed by atoms with E-state index in [4.69, 9.17) is 9.47 Å². The molecule has 3 amide bonds. The number of ether oxygens (including phenoxy) is 2. The maximum absolute atomic E-state index is 14.0. The maximum Gasteiger partial charge on any atom is 0.407 e. The number of nitrogens with zero attached hydrogens (tertiary/aromatic N) is 3. The predicted molar refractivity (Wildman–Crippen MR) is 184 cm³/mol. The van der Waals surface area contributed by atoms with Crippen molar-refractivity contribution in [1.82, 2.24) is 30.5 Å². The number of anilines is 1. The highest BCUT2D eigenvalue weighted by Crippen LogP contribution is 2.30. The first kappa shape index (κ1) is 33.3. The smallest absolute Gasteiger partial charge is 0.407 e. The number of nitrogens with one attached hydrogen (secondary N) is 4. The van der Waals surface area contributed by atoms with Gasteiger partial charge < -0.3 is 30.7 Å². The summed E-state index contributed by atoms with van der Waals surface area (Å²) in [4.78, 5) is 43.4. The number of rotatable bonds is 12. The Balaban J connectivity index is 1.06. The van der Waals surface area contributed by atoms with Gasteiger partial charge >= 0.3 is 6.09 Å². The number of hydrogen-bond donors (Lipinski definition) is 4. The number of methoxy groups -OCH3 is 1. The highest BCUT2D eigenvalue weighted by Gasteiger charge is 2.33. The summed E-state index contributed by atoms with van der Waals surface area (Å²) in [5, 5.41) is 16.5. The number of carbonyl (C=O) groups is 3. The second-order valence-electron chi connectivity index (χ2n) is 11.8. The summed E-state index contributed by atoms with van der Waals surface area (Å²) in [5.74, 6) is -1.10. The molecule has 252 valence electrons. The Hall–Kier alpha value is -5.59. The lowest BCUT2D eigenvalue weighted by atomic mass is 9.84. The van der Waals surface area contributed by atoms with Gasteiger partial charge in [0.05, 0.1) is 19.8 Å². The number of amides is 3. The van der Waals surface area contributed by atoms with Gasteiger partial charge in [-0.15, -0.1) is 0 Å². The highest BCUT2D eigenvalue weighted by molar-refractivity contribution is 5.98. The van der Waals surface area contributed by atoms with E-state index in [-0.39, 0.29) is 24.0 Å². The van der Waals surface area contributed by atoms with Gasteiger partial charge in [0.1, 0.15) is 6.04 Å². The van der Waals surface area contributed by atoms with Crippen molar-refractivity contribution in [1.29, 1.82) is 0 Å². The normalized spacial score (nSPS) is 16.5. The fourth-order valence-electron chi connectivity index (χ4n) is 6.00. The Labute approximate surface area is 284 Å². The van der Waals surface area contributed by atoms with Crippen LogP contribution >= 0.6 is 0 Å². The van der Waals surface area contributed by atoms with Crippen molar-refractivity contribution < 1.29 is 23.9 Å². The molecule has 0 bridgehead atoms. The number of para-hydroxylation sites is 1. The molecule has 5 aromatic rings. The monoisotopic (exact) mass is 661 g/mol. The molecule has 3 atom stereocenters. The van der Waals surface area contributed by atoms with Gasteiger partial charge in [0, 0.05) is 49.2 Å². The van der Waals surface area contributed by atoms with E-state index in [2.05, 4.69) is 31.3 Å². The summed E-state index contributed by atoms with van der Waals surface area (Å²) in [7, 11) is 1.28. The third-order valence-corrected chi connectivity index (χ3v) is 8.55. The second kappa shape index (κ2) is 16.0. The minimum atomic E-state index is -0.960. The number of aryl methyl sites for hydroxylation is 1. The molecule has 1 aliphatic rings. The molecule has 1 saturated heterocycles. The van der Waals surface area contributed by atoms with Crippen molar-refractivity contribution >= 4 is 29.2 Å². The molecule has 6 rings (SSSR count). The molecule has 0 spiro atoms. The molecule has 3 heterocycles. The molecule has 1 fully saturated rings. The van der Waals surface area contributed by atoms with Gasteiger partial charge in [0.25, 0.3) is 5.91 Å². The molecular weight excluding hydrogens is 622 g/mol. The molecule has 2 aromatic heterocycles. The number of hydrogen-bond acceptors (Lipinski definition) is 8. The Kier molecular flexibility index (Phi) is 10.9. The van der Waals surface area contributed by atoms with Crippen LogP contribution in [0.1, 0.15) is 39.5 Å². The molecule has 12 heteroatoms. The zero-order valence-electron chi connectivity index (χ0n) is 27.1. The van der Waals surface area contributed by atoms with Crippen LogP contribution in [-0.4, -0.2) is 77.5 Å². The molecule has 0 radical (unpaired) electrons. The van der Waals surface area contributed by atoms with E-state index in [9.17, 15) is 14.4 Å². The summed E-state index contributed by atoms with van der Waals surface area (Å²) < 4.78 is 12.6. The number of benzene rings is 3. The van der Waals surface area contributed by atoms with Gasteiger partial charge in [0.2, 0.25) is 5.91 Å². The lowest BCUT2D eigenvalue weighted by molar-refractivity contribution is -0.118. The molecule has 1 unspecified atom stereocenters. The minimum absolute atomic E-state index is 0.0386. The lowest BCUT2D eigenvalue weighted by Gasteiger charge is -2.31. The van der Waals surface area contributed by atoms with Gasteiger partial charge in [-0.2, -0.15) is 5.10 Å². The van der Waals surface area contributed by atoms with Crippen molar-refractivity contribution in [3.8, 4) is 0 Å². The minimum Gasteiger partial charge on any atom is -0.453 e. The lowest BCUT2D eigenvalue weighted by Crippen LogP contribution is -2.51. The van der Waals surface area contributed by atoms with Crippen molar-refractivity contribution in [3.63, 3.8) is 0 Å².